The summed E-state index contributed by atoms with van der Waals surface area (Å²) in [5.41, 5.74) is 2.83. The van der Waals surface area contributed by atoms with Crippen molar-refractivity contribution in [2.24, 2.45) is 0 Å². The number of nitrogens with zero attached hydrogens (tertiary/aromatic N) is 3. The van der Waals surface area contributed by atoms with Crippen LogP contribution < -0.4 is 4.90 Å². The van der Waals surface area contributed by atoms with E-state index in [0.717, 1.165) is 49.4 Å². The zero-order chi connectivity index (χ0) is 18.8. The van der Waals surface area contributed by atoms with Gasteiger partial charge in [0.1, 0.15) is 5.82 Å². The number of piperazine rings is 1. The number of amides is 2. The van der Waals surface area contributed by atoms with Gasteiger partial charge in [-0.1, -0.05) is 24.3 Å². The highest BCUT2D eigenvalue weighted by Crippen LogP contribution is 2.28. The molecule has 2 aromatic carbocycles. The number of rotatable bonds is 4. The van der Waals surface area contributed by atoms with Crippen LogP contribution in [-0.4, -0.2) is 60.9 Å². The molecule has 27 heavy (non-hydrogen) atoms. The summed E-state index contributed by atoms with van der Waals surface area (Å²) >= 11 is 0. The number of hydrogen-bond donors (Lipinski definition) is 0. The van der Waals surface area contributed by atoms with Crippen LogP contribution in [0, 0.1) is 5.82 Å². The lowest BCUT2D eigenvalue weighted by Crippen LogP contribution is -2.50. The molecule has 2 fully saturated rings. The SMILES string of the molecule is O=CN1CCN(C2CC(=O)N(c3ccc(-c4ccc(F)cc4)cc3)C2)CC1. The molecular formula is C21H22FN3O2. The molecule has 0 N–H and O–H groups in total. The number of anilines is 1. The topological polar surface area (TPSA) is 43.9 Å². The van der Waals surface area contributed by atoms with E-state index >= 15 is 0 Å². The zero-order valence-electron chi connectivity index (χ0n) is 15.1. The average Bonchev–Trinajstić information content (AvgIpc) is 3.10. The summed E-state index contributed by atoms with van der Waals surface area (Å²) < 4.78 is 13.1. The van der Waals surface area contributed by atoms with E-state index in [1.54, 1.807) is 17.0 Å². The maximum atomic E-state index is 13.1. The maximum absolute atomic E-state index is 13.1. The van der Waals surface area contributed by atoms with E-state index in [9.17, 15) is 14.0 Å². The third-order valence-electron chi connectivity index (χ3n) is 5.48. The monoisotopic (exact) mass is 367 g/mol. The molecule has 2 aliphatic heterocycles. The quantitative estimate of drug-likeness (QED) is 0.780. The molecule has 0 saturated carbocycles. The minimum atomic E-state index is -0.252. The fraction of sp³-hybridized carbons (Fsp3) is 0.333. The first-order valence-electron chi connectivity index (χ1n) is 9.24. The molecule has 4 rings (SSSR count). The molecule has 2 aliphatic rings. The molecule has 0 aromatic heterocycles. The number of carbonyl (C=O) groups is 2. The fourth-order valence-electron chi connectivity index (χ4n) is 3.87. The fourth-order valence-corrected chi connectivity index (χ4v) is 3.87. The van der Waals surface area contributed by atoms with Crippen molar-refractivity contribution in [1.82, 2.24) is 9.80 Å². The minimum Gasteiger partial charge on any atom is -0.343 e. The van der Waals surface area contributed by atoms with Crippen LogP contribution in [0.5, 0.6) is 0 Å². The van der Waals surface area contributed by atoms with Crippen molar-refractivity contribution in [1.29, 1.82) is 0 Å². The molecule has 2 saturated heterocycles. The summed E-state index contributed by atoms with van der Waals surface area (Å²) in [5.74, 6) is -0.120. The highest BCUT2D eigenvalue weighted by molar-refractivity contribution is 5.96. The van der Waals surface area contributed by atoms with Crippen LogP contribution in [0.3, 0.4) is 0 Å². The second-order valence-electron chi connectivity index (χ2n) is 7.09. The van der Waals surface area contributed by atoms with Crippen LogP contribution in [0.1, 0.15) is 6.42 Å². The van der Waals surface area contributed by atoms with Crippen molar-refractivity contribution < 1.29 is 14.0 Å². The van der Waals surface area contributed by atoms with Crippen LogP contribution in [0.25, 0.3) is 11.1 Å². The minimum absolute atomic E-state index is 0.132. The molecule has 0 radical (unpaired) electrons. The Morgan fingerprint density at radius 2 is 1.48 bits per heavy atom. The predicted octanol–water partition coefficient (Wildman–Crippen LogP) is 2.37. The molecule has 0 spiro atoms. The highest BCUT2D eigenvalue weighted by atomic mass is 19.1. The molecule has 6 heteroatoms. The van der Waals surface area contributed by atoms with Gasteiger partial charge in [0.25, 0.3) is 0 Å². The summed E-state index contributed by atoms with van der Waals surface area (Å²) in [6.07, 6.45) is 1.41. The van der Waals surface area contributed by atoms with Gasteiger partial charge in [0.15, 0.2) is 0 Å². The summed E-state index contributed by atoms with van der Waals surface area (Å²) in [4.78, 5) is 29.3. The second kappa shape index (κ2) is 7.48. The van der Waals surface area contributed by atoms with Gasteiger partial charge in [-0.2, -0.15) is 0 Å². The first kappa shape index (κ1) is 17.7. The van der Waals surface area contributed by atoms with E-state index < -0.39 is 0 Å². The number of hydrogen-bond acceptors (Lipinski definition) is 3. The van der Waals surface area contributed by atoms with Gasteiger partial charge in [-0.25, -0.2) is 4.39 Å². The molecule has 2 heterocycles. The number of halogens is 1. The van der Waals surface area contributed by atoms with E-state index in [2.05, 4.69) is 4.90 Å². The Kier molecular flexibility index (Phi) is 4.90. The lowest BCUT2D eigenvalue weighted by atomic mass is 10.1. The van der Waals surface area contributed by atoms with E-state index in [0.29, 0.717) is 13.0 Å². The van der Waals surface area contributed by atoms with E-state index in [1.807, 2.05) is 29.2 Å². The first-order chi connectivity index (χ1) is 13.1. The van der Waals surface area contributed by atoms with E-state index in [4.69, 9.17) is 0 Å². The van der Waals surface area contributed by atoms with Gasteiger partial charge >= 0.3 is 0 Å². The van der Waals surface area contributed by atoms with Gasteiger partial charge in [-0.3, -0.25) is 14.5 Å². The zero-order valence-corrected chi connectivity index (χ0v) is 15.1. The Morgan fingerprint density at radius 1 is 0.889 bits per heavy atom. The molecule has 0 bridgehead atoms. The Labute approximate surface area is 158 Å². The molecule has 2 aromatic rings. The predicted molar refractivity (Wildman–Crippen MR) is 102 cm³/mol. The van der Waals surface area contributed by atoms with Crippen molar-refractivity contribution in [3.8, 4) is 11.1 Å². The van der Waals surface area contributed by atoms with Crippen molar-refractivity contribution in [3.63, 3.8) is 0 Å². The average molecular weight is 367 g/mol. The molecular weight excluding hydrogens is 345 g/mol. The third-order valence-corrected chi connectivity index (χ3v) is 5.48. The lowest BCUT2D eigenvalue weighted by Gasteiger charge is -2.36. The van der Waals surface area contributed by atoms with Crippen molar-refractivity contribution in [2.75, 3.05) is 37.6 Å². The maximum Gasteiger partial charge on any atom is 0.228 e. The second-order valence-corrected chi connectivity index (χ2v) is 7.09. The normalized spacial score (nSPS) is 20.9. The standard InChI is InChI=1S/C21H22FN3O2/c22-18-5-1-16(2-6-18)17-3-7-19(8-4-17)25-14-20(13-21(25)27)24-11-9-23(15-26)10-12-24/h1-8,15,20H,9-14H2. The molecule has 1 atom stereocenters. The molecule has 140 valence electrons. The number of benzene rings is 2. The Balaban J connectivity index is 1.43. The van der Waals surface area contributed by atoms with Crippen molar-refractivity contribution in [2.45, 2.75) is 12.5 Å². The van der Waals surface area contributed by atoms with Gasteiger partial charge in [0.2, 0.25) is 12.3 Å². The first-order valence-corrected chi connectivity index (χ1v) is 9.24. The Hall–Kier alpha value is -2.73. The largest absolute Gasteiger partial charge is 0.343 e. The van der Waals surface area contributed by atoms with Crippen LogP contribution in [0.4, 0.5) is 10.1 Å². The van der Waals surface area contributed by atoms with Crippen LogP contribution >= 0.6 is 0 Å². The number of carbonyl (C=O) groups excluding carboxylic acids is 2. The summed E-state index contributed by atoms with van der Waals surface area (Å²) in [6, 6.07) is 14.4. The smallest absolute Gasteiger partial charge is 0.228 e. The van der Waals surface area contributed by atoms with Crippen LogP contribution in [0.2, 0.25) is 0 Å². The summed E-state index contributed by atoms with van der Waals surface area (Å²) in [7, 11) is 0. The summed E-state index contributed by atoms with van der Waals surface area (Å²) in [6.45, 7) is 3.75. The highest BCUT2D eigenvalue weighted by Gasteiger charge is 2.35. The third kappa shape index (κ3) is 3.71. The van der Waals surface area contributed by atoms with Gasteiger partial charge in [0.05, 0.1) is 0 Å². The van der Waals surface area contributed by atoms with Gasteiger partial charge < -0.3 is 9.80 Å². The van der Waals surface area contributed by atoms with Crippen LogP contribution in [0.15, 0.2) is 48.5 Å². The molecule has 5 nitrogen and oxygen atoms in total. The summed E-state index contributed by atoms with van der Waals surface area (Å²) in [5, 5.41) is 0. The Bertz CT molecular complexity index is 814. The van der Waals surface area contributed by atoms with Crippen molar-refractivity contribution in [3.05, 3.63) is 54.3 Å². The lowest BCUT2D eigenvalue weighted by molar-refractivity contribution is -0.121. The van der Waals surface area contributed by atoms with Gasteiger partial charge in [-0.15, -0.1) is 0 Å². The van der Waals surface area contributed by atoms with Gasteiger partial charge in [0, 0.05) is 50.9 Å². The molecule has 1 unspecified atom stereocenters. The van der Waals surface area contributed by atoms with E-state index in [-0.39, 0.29) is 17.8 Å². The van der Waals surface area contributed by atoms with Crippen LogP contribution in [-0.2, 0) is 9.59 Å². The Morgan fingerprint density at radius 3 is 2.07 bits per heavy atom. The van der Waals surface area contributed by atoms with Crippen molar-refractivity contribution >= 4 is 18.0 Å². The van der Waals surface area contributed by atoms with Gasteiger partial charge in [-0.05, 0) is 35.4 Å². The molecule has 0 aliphatic carbocycles. The van der Waals surface area contributed by atoms with E-state index in [1.165, 1.54) is 12.1 Å². The molecule has 2 amide bonds.